The van der Waals surface area contributed by atoms with Gasteiger partial charge in [-0.1, -0.05) is 42.5 Å². The topological polar surface area (TPSA) is 100.0 Å². The van der Waals surface area contributed by atoms with E-state index in [1.807, 2.05) is 30.3 Å². The van der Waals surface area contributed by atoms with E-state index in [4.69, 9.17) is 4.74 Å². The van der Waals surface area contributed by atoms with Crippen LogP contribution in [-0.2, 0) is 16.1 Å². The van der Waals surface area contributed by atoms with E-state index in [0.29, 0.717) is 10.0 Å². The second-order valence-corrected chi connectivity index (χ2v) is 8.48. The SMILES string of the molecule is COc1cc(C2C(C(=O)/C=C/c3ccccc3)=C(O)C(=O)N2Cc2cccnc2)cc(Br)c1O. The van der Waals surface area contributed by atoms with Crippen LogP contribution in [0.1, 0.15) is 22.7 Å². The molecule has 172 valence electrons. The first-order valence-electron chi connectivity index (χ1n) is 10.4. The Bertz CT molecular complexity index is 1290. The molecule has 7 nitrogen and oxygen atoms in total. The average Bonchev–Trinajstić information content (AvgIpc) is 3.10. The van der Waals surface area contributed by atoms with Gasteiger partial charge in [0, 0.05) is 18.9 Å². The third-order valence-corrected chi connectivity index (χ3v) is 6.06. The van der Waals surface area contributed by atoms with Gasteiger partial charge < -0.3 is 19.8 Å². The highest BCUT2D eigenvalue weighted by Gasteiger charge is 2.43. The predicted molar refractivity (Wildman–Crippen MR) is 130 cm³/mol. The summed E-state index contributed by atoms with van der Waals surface area (Å²) in [5, 5.41) is 21.0. The molecule has 2 heterocycles. The molecule has 1 unspecified atom stereocenters. The van der Waals surface area contributed by atoms with Crippen LogP contribution in [0, 0.1) is 0 Å². The Hall–Kier alpha value is -3.91. The maximum Gasteiger partial charge on any atom is 0.290 e. The number of benzene rings is 2. The Kier molecular flexibility index (Phi) is 6.79. The summed E-state index contributed by atoms with van der Waals surface area (Å²) in [6.07, 6.45) is 6.19. The third-order valence-electron chi connectivity index (χ3n) is 5.46. The number of methoxy groups -OCH3 is 1. The van der Waals surface area contributed by atoms with Crippen molar-refractivity contribution < 1.29 is 24.5 Å². The molecule has 34 heavy (non-hydrogen) atoms. The van der Waals surface area contributed by atoms with Crippen molar-refractivity contribution in [2.24, 2.45) is 0 Å². The fourth-order valence-electron chi connectivity index (χ4n) is 3.84. The molecule has 0 spiro atoms. The van der Waals surface area contributed by atoms with Gasteiger partial charge in [0.25, 0.3) is 5.91 Å². The van der Waals surface area contributed by atoms with E-state index >= 15 is 0 Å². The first kappa shape index (κ1) is 23.3. The lowest BCUT2D eigenvalue weighted by Crippen LogP contribution is -2.30. The Balaban J connectivity index is 1.79. The monoisotopic (exact) mass is 520 g/mol. The number of carbonyl (C=O) groups excluding carboxylic acids is 2. The van der Waals surface area contributed by atoms with Crippen LogP contribution in [0.4, 0.5) is 0 Å². The molecule has 0 saturated heterocycles. The third kappa shape index (κ3) is 4.58. The van der Waals surface area contributed by atoms with Crippen molar-refractivity contribution in [2.75, 3.05) is 7.11 Å². The van der Waals surface area contributed by atoms with Crippen molar-refractivity contribution in [1.29, 1.82) is 0 Å². The van der Waals surface area contributed by atoms with E-state index in [2.05, 4.69) is 20.9 Å². The van der Waals surface area contributed by atoms with Gasteiger partial charge in [-0.05, 0) is 56.9 Å². The second-order valence-electron chi connectivity index (χ2n) is 7.62. The average molecular weight is 521 g/mol. The summed E-state index contributed by atoms with van der Waals surface area (Å²) >= 11 is 3.30. The molecule has 0 saturated carbocycles. The van der Waals surface area contributed by atoms with Crippen LogP contribution in [0.2, 0.25) is 0 Å². The van der Waals surface area contributed by atoms with E-state index in [1.165, 1.54) is 18.1 Å². The lowest BCUT2D eigenvalue weighted by Gasteiger charge is -2.27. The Morgan fingerprint density at radius 1 is 1.18 bits per heavy atom. The van der Waals surface area contributed by atoms with E-state index < -0.39 is 23.5 Å². The molecule has 4 rings (SSSR count). The smallest absolute Gasteiger partial charge is 0.290 e. The standard InChI is InChI=1S/C26H21BrN2O5/c1-34-21-13-18(12-19(27)24(21)31)23-22(20(30)10-9-16-6-3-2-4-7-16)25(32)26(33)29(23)15-17-8-5-11-28-14-17/h2-14,23,31-32H,15H2,1H3/b10-9+. The fraction of sp³-hybridized carbons (Fsp3) is 0.115. The normalized spacial score (nSPS) is 15.9. The lowest BCUT2D eigenvalue weighted by atomic mass is 9.95. The number of hydrogen-bond donors (Lipinski definition) is 2. The van der Waals surface area contributed by atoms with Gasteiger partial charge in [-0.15, -0.1) is 0 Å². The number of halogens is 1. The number of aromatic hydroxyl groups is 1. The zero-order chi connectivity index (χ0) is 24.2. The number of aromatic nitrogens is 1. The first-order chi connectivity index (χ1) is 16.4. The van der Waals surface area contributed by atoms with Gasteiger partial charge in [0.05, 0.1) is 23.2 Å². The maximum atomic E-state index is 13.3. The molecule has 2 aromatic carbocycles. The number of phenolic OH excluding ortho intramolecular Hbond substituents is 1. The molecule has 1 atom stereocenters. The van der Waals surface area contributed by atoms with Crippen molar-refractivity contribution in [3.63, 3.8) is 0 Å². The number of aliphatic hydroxyl groups excluding tert-OH is 1. The minimum Gasteiger partial charge on any atom is -0.503 e. The van der Waals surface area contributed by atoms with E-state index in [1.54, 1.807) is 42.7 Å². The quantitative estimate of drug-likeness (QED) is 0.436. The highest BCUT2D eigenvalue weighted by molar-refractivity contribution is 9.10. The molecule has 3 aromatic rings. The van der Waals surface area contributed by atoms with Crippen LogP contribution in [0.3, 0.4) is 0 Å². The molecule has 0 bridgehead atoms. The van der Waals surface area contributed by atoms with Crippen LogP contribution in [0.5, 0.6) is 11.5 Å². The number of amides is 1. The van der Waals surface area contributed by atoms with Crippen molar-refractivity contribution in [3.05, 3.63) is 106 Å². The Morgan fingerprint density at radius 3 is 2.62 bits per heavy atom. The van der Waals surface area contributed by atoms with Crippen molar-refractivity contribution in [2.45, 2.75) is 12.6 Å². The lowest BCUT2D eigenvalue weighted by molar-refractivity contribution is -0.130. The van der Waals surface area contributed by atoms with E-state index in [-0.39, 0.29) is 23.6 Å². The van der Waals surface area contributed by atoms with Crippen molar-refractivity contribution in [1.82, 2.24) is 9.88 Å². The number of ether oxygens (including phenoxy) is 1. The minimum atomic E-state index is -0.911. The molecule has 1 amide bonds. The molecule has 1 aliphatic rings. The molecule has 1 aliphatic heterocycles. The van der Waals surface area contributed by atoms with Gasteiger partial charge in [0.2, 0.25) is 0 Å². The number of hydrogen-bond acceptors (Lipinski definition) is 6. The molecule has 0 radical (unpaired) electrons. The minimum absolute atomic E-state index is 0.0549. The summed E-state index contributed by atoms with van der Waals surface area (Å²) in [4.78, 5) is 31.9. The number of allylic oxidation sites excluding steroid dienone is 1. The van der Waals surface area contributed by atoms with Gasteiger partial charge in [-0.25, -0.2) is 0 Å². The van der Waals surface area contributed by atoms with Gasteiger partial charge in [-0.3, -0.25) is 14.6 Å². The van der Waals surface area contributed by atoms with Crippen LogP contribution in [-0.4, -0.2) is 38.9 Å². The van der Waals surface area contributed by atoms with Crippen LogP contribution < -0.4 is 4.74 Å². The number of nitrogens with zero attached hydrogens (tertiary/aromatic N) is 2. The largest absolute Gasteiger partial charge is 0.503 e. The van der Waals surface area contributed by atoms with Gasteiger partial charge >= 0.3 is 0 Å². The van der Waals surface area contributed by atoms with Crippen LogP contribution in [0.25, 0.3) is 6.08 Å². The van der Waals surface area contributed by atoms with Gasteiger partial charge in [-0.2, -0.15) is 0 Å². The predicted octanol–water partition coefficient (Wildman–Crippen LogP) is 4.74. The van der Waals surface area contributed by atoms with Crippen molar-refractivity contribution in [3.8, 4) is 11.5 Å². The van der Waals surface area contributed by atoms with Crippen LogP contribution in [0.15, 0.2) is 88.9 Å². The fourth-order valence-corrected chi connectivity index (χ4v) is 4.30. The van der Waals surface area contributed by atoms with Crippen LogP contribution >= 0.6 is 15.9 Å². The zero-order valence-corrected chi connectivity index (χ0v) is 19.8. The molecular weight excluding hydrogens is 500 g/mol. The molecular formula is C26H21BrN2O5. The molecule has 0 fully saturated rings. The van der Waals surface area contributed by atoms with Gasteiger partial charge in [0.15, 0.2) is 23.0 Å². The molecule has 1 aromatic heterocycles. The second kappa shape index (κ2) is 9.93. The van der Waals surface area contributed by atoms with Crippen molar-refractivity contribution >= 4 is 33.7 Å². The highest BCUT2D eigenvalue weighted by atomic mass is 79.9. The summed E-state index contributed by atoms with van der Waals surface area (Å²) < 4.78 is 5.59. The number of phenols is 1. The molecule has 2 N–H and O–H groups in total. The molecule has 8 heteroatoms. The first-order valence-corrected chi connectivity index (χ1v) is 11.2. The number of pyridine rings is 1. The highest BCUT2D eigenvalue weighted by Crippen LogP contribution is 2.44. The summed E-state index contributed by atoms with van der Waals surface area (Å²) in [5.41, 5.74) is 1.96. The summed E-state index contributed by atoms with van der Waals surface area (Å²) in [7, 11) is 1.40. The Labute approximate surface area is 204 Å². The number of ketones is 1. The zero-order valence-electron chi connectivity index (χ0n) is 18.2. The number of carbonyl (C=O) groups is 2. The molecule has 0 aliphatic carbocycles. The summed E-state index contributed by atoms with van der Waals surface area (Å²) in [6, 6.07) is 15.0. The number of rotatable bonds is 7. The Morgan fingerprint density at radius 2 is 1.94 bits per heavy atom. The maximum absolute atomic E-state index is 13.3. The van der Waals surface area contributed by atoms with E-state index in [9.17, 15) is 19.8 Å². The van der Waals surface area contributed by atoms with E-state index in [0.717, 1.165) is 11.1 Å². The summed E-state index contributed by atoms with van der Waals surface area (Å²) in [5.74, 6) is -1.74. The summed E-state index contributed by atoms with van der Waals surface area (Å²) in [6.45, 7) is 0.112. The number of aliphatic hydroxyl groups is 1. The van der Waals surface area contributed by atoms with Gasteiger partial charge in [0.1, 0.15) is 0 Å².